The normalized spacial score (nSPS) is 43.2. The van der Waals surface area contributed by atoms with E-state index in [-0.39, 0.29) is 22.3 Å². The lowest BCUT2D eigenvalue weighted by molar-refractivity contribution is -0.139. The van der Waals surface area contributed by atoms with Gasteiger partial charge in [-0.25, -0.2) is 0 Å². The number of ketones is 1. The number of aliphatic hydroxyl groups is 1. The lowest BCUT2D eigenvalue weighted by Gasteiger charge is -2.62. The number of carbonyl (C=O) groups excluding carboxylic acids is 1. The van der Waals surface area contributed by atoms with E-state index in [1.165, 1.54) is 120 Å². The maximum Gasteiger partial charge on any atom is 0.138 e. The Balaban J connectivity index is 0.000000189. The number of Topliss-reactive ketones (excluding diaryl/α,β-unsaturated/α-hetero) is 1. The monoisotopic (exact) mass is 865 g/mol. The quantitative estimate of drug-likeness (QED) is 0.247. The van der Waals surface area contributed by atoms with Crippen LogP contribution < -0.4 is 0 Å². The van der Waals surface area contributed by atoms with Gasteiger partial charge in [0.05, 0.1) is 6.10 Å². The molecule has 0 bridgehead atoms. The van der Waals surface area contributed by atoms with Gasteiger partial charge in [-0.2, -0.15) is 0 Å². The number of carbonyl (C=O) groups is 1. The summed E-state index contributed by atoms with van der Waals surface area (Å²) in [4.78, 5) is 12.8. The fourth-order valence-corrected chi connectivity index (χ4v) is 18.8. The molecule has 0 spiro atoms. The molecule has 63 heavy (non-hydrogen) atoms. The molecule has 0 aliphatic heterocycles. The van der Waals surface area contributed by atoms with Crippen LogP contribution in [-0.2, 0) is 4.79 Å². The molecule has 0 amide bonds. The van der Waals surface area contributed by atoms with Crippen LogP contribution in [0.25, 0.3) is 0 Å². The summed E-state index contributed by atoms with van der Waals surface area (Å²) in [5.41, 5.74) is 14.1. The predicted octanol–water partition coefficient (Wildman–Crippen LogP) is 17.6. The summed E-state index contributed by atoms with van der Waals surface area (Å²) in [6.07, 6.45) is 27.5. The molecule has 2 heteroatoms. The second-order valence-corrected chi connectivity index (χ2v) is 27.4. The maximum atomic E-state index is 12.8. The van der Waals surface area contributed by atoms with Crippen LogP contribution in [0.4, 0.5) is 0 Å². The van der Waals surface area contributed by atoms with Crippen molar-refractivity contribution in [1.82, 2.24) is 0 Å². The van der Waals surface area contributed by atoms with Crippen molar-refractivity contribution in [2.45, 2.75) is 252 Å². The molecule has 356 valence electrons. The Labute approximate surface area is 390 Å². The van der Waals surface area contributed by atoms with E-state index in [1.807, 2.05) is 22.3 Å². The topological polar surface area (TPSA) is 37.3 Å². The van der Waals surface area contributed by atoms with Crippen LogP contribution in [0, 0.1) is 78.8 Å². The van der Waals surface area contributed by atoms with Crippen molar-refractivity contribution in [3.05, 3.63) is 45.1 Å². The highest BCUT2D eigenvalue weighted by Crippen LogP contribution is 2.74. The summed E-state index contributed by atoms with van der Waals surface area (Å²) < 4.78 is 0. The van der Waals surface area contributed by atoms with Gasteiger partial charge in [-0.3, -0.25) is 4.79 Å². The van der Waals surface area contributed by atoms with Crippen molar-refractivity contribution in [3.8, 4) is 0 Å². The largest absolute Gasteiger partial charge is 0.393 e. The van der Waals surface area contributed by atoms with Gasteiger partial charge >= 0.3 is 0 Å². The van der Waals surface area contributed by atoms with Crippen LogP contribution in [0.2, 0.25) is 0 Å². The Bertz CT molecular complexity index is 1890. The zero-order valence-corrected chi connectivity index (χ0v) is 44.6. The van der Waals surface area contributed by atoms with Gasteiger partial charge in [-0.1, -0.05) is 128 Å². The van der Waals surface area contributed by atoms with Crippen molar-refractivity contribution in [2.24, 2.45) is 78.8 Å². The van der Waals surface area contributed by atoms with Gasteiger partial charge in [0.25, 0.3) is 0 Å². The third kappa shape index (κ3) is 7.59. The zero-order valence-electron chi connectivity index (χ0n) is 44.6. The van der Waals surface area contributed by atoms with Crippen LogP contribution in [0.1, 0.15) is 246 Å². The molecule has 0 aromatic carbocycles. The number of hydrogen-bond acceptors (Lipinski definition) is 2. The average molecular weight is 865 g/mol. The van der Waals surface area contributed by atoms with Gasteiger partial charge in [-0.05, 0) is 230 Å². The number of fused-ring (bicyclic) bond motifs is 8. The second-order valence-electron chi connectivity index (χ2n) is 27.4. The van der Waals surface area contributed by atoms with Crippen LogP contribution in [-0.4, -0.2) is 17.0 Å². The second kappa shape index (κ2) is 17.0. The molecule has 8 aliphatic rings. The molecular formula is C61H100O2. The number of aliphatic hydroxyl groups excluding tert-OH is 1. The minimum atomic E-state index is -0.150. The zero-order chi connectivity index (χ0) is 46.5. The Morgan fingerprint density at radius 1 is 0.587 bits per heavy atom. The Morgan fingerprint density at radius 2 is 1.08 bits per heavy atom. The van der Waals surface area contributed by atoms with Crippen molar-refractivity contribution in [2.75, 3.05) is 0 Å². The number of hydrogen-bond donors (Lipinski definition) is 1. The standard InChI is InChI=1S/C31H50O.C30H50O/c1-20(2)21(3)10-11-22(4)23-14-18-31(9)25-12-13-26-28(5,6)27(32)16-17-29(26,7)24(25)15-19-30(23,31)8;1-20(2)10-9-11-21(3)22-14-18-30(8)24-12-13-25-27(4,5)26(31)16-17-28(25,6)23(24)15-19-29(22,30)7/h22-23,26H,10-19H2,1-9H3;10,21-22,25-26,31H,9,11-19H2,1-8H3/t22?,23?,26-,29+,30+,31-;21?,22?,25-,26-,28+,29+,30-/m00/s1. The fourth-order valence-electron chi connectivity index (χ4n) is 18.8. The SMILES string of the molecule is CC(C)=C(C)CCC(C)C1CC[C@@]2(C)C3=C(CC[C@]12C)[C@@]1(C)CCC(=O)C(C)(C)[C@@H]1CC3.CC(C)=CCCC(C)C1CC[C@@]2(C)C3=C(CC[C@]12C)[C@@]1(C)CC[C@H](O)C(C)(C)[C@@H]1CC3. The highest BCUT2D eigenvalue weighted by atomic mass is 16.3. The first-order chi connectivity index (χ1) is 29.2. The summed E-state index contributed by atoms with van der Waals surface area (Å²) in [5.74, 6) is 5.02. The lowest BCUT2D eigenvalue weighted by Crippen LogP contribution is -2.55. The molecule has 0 aromatic heterocycles. The molecule has 0 aromatic rings. The van der Waals surface area contributed by atoms with E-state index in [1.54, 1.807) is 5.57 Å². The smallest absolute Gasteiger partial charge is 0.138 e. The molecule has 2 nitrogen and oxygen atoms in total. The van der Waals surface area contributed by atoms with Gasteiger partial charge in [0.2, 0.25) is 0 Å². The molecule has 8 aliphatic carbocycles. The van der Waals surface area contributed by atoms with Crippen LogP contribution in [0.3, 0.4) is 0 Å². The van der Waals surface area contributed by atoms with Crippen LogP contribution in [0.15, 0.2) is 45.1 Å². The first-order valence-electron chi connectivity index (χ1n) is 27.1. The van der Waals surface area contributed by atoms with Crippen LogP contribution in [0.5, 0.6) is 0 Å². The highest BCUT2D eigenvalue weighted by Gasteiger charge is 2.65. The Hall–Kier alpha value is -1.41. The van der Waals surface area contributed by atoms with E-state index in [4.69, 9.17) is 0 Å². The summed E-state index contributed by atoms with van der Waals surface area (Å²) >= 11 is 0. The van der Waals surface area contributed by atoms with Crippen LogP contribution >= 0.6 is 0 Å². The molecule has 1 N–H and O–H groups in total. The fraction of sp³-hybridized carbons (Fsp3) is 0.852. The van der Waals surface area contributed by atoms with E-state index < -0.39 is 0 Å². The number of allylic oxidation sites excluding steroid dienone is 8. The van der Waals surface area contributed by atoms with Gasteiger partial charge in [0, 0.05) is 11.8 Å². The molecule has 0 saturated heterocycles. The molecular weight excluding hydrogens is 765 g/mol. The molecule has 4 saturated carbocycles. The Morgan fingerprint density at radius 3 is 1.59 bits per heavy atom. The minimum absolute atomic E-state index is 0.0465. The van der Waals surface area contributed by atoms with Crippen molar-refractivity contribution in [3.63, 3.8) is 0 Å². The van der Waals surface area contributed by atoms with Gasteiger partial charge in [0.1, 0.15) is 5.78 Å². The first kappa shape index (κ1) is 49.5. The number of rotatable bonds is 8. The molecule has 0 heterocycles. The van der Waals surface area contributed by atoms with Crippen molar-refractivity contribution in [1.29, 1.82) is 0 Å². The van der Waals surface area contributed by atoms with Crippen molar-refractivity contribution < 1.29 is 9.90 Å². The van der Waals surface area contributed by atoms with Gasteiger partial charge in [0.15, 0.2) is 0 Å². The maximum absolute atomic E-state index is 12.8. The van der Waals surface area contributed by atoms with Crippen molar-refractivity contribution >= 4 is 5.78 Å². The third-order valence-corrected chi connectivity index (χ3v) is 23.7. The summed E-state index contributed by atoms with van der Waals surface area (Å²) in [5, 5.41) is 10.8. The van der Waals surface area contributed by atoms with E-state index in [0.29, 0.717) is 44.7 Å². The lowest BCUT2D eigenvalue weighted by atomic mass is 9.43. The molecule has 8 rings (SSSR count). The molecule has 0 radical (unpaired) electrons. The van der Waals surface area contributed by atoms with E-state index in [2.05, 4.69) is 124 Å². The van der Waals surface area contributed by atoms with Gasteiger partial charge < -0.3 is 5.11 Å². The van der Waals surface area contributed by atoms with E-state index >= 15 is 0 Å². The molecule has 4 unspecified atom stereocenters. The molecule has 13 atom stereocenters. The average Bonchev–Trinajstić information content (AvgIpc) is 3.66. The predicted molar refractivity (Wildman–Crippen MR) is 269 cm³/mol. The van der Waals surface area contributed by atoms with E-state index in [0.717, 1.165) is 42.9 Å². The molecule has 4 fully saturated rings. The highest BCUT2D eigenvalue weighted by molar-refractivity contribution is 5.85. The van der Waals surface area contributed by atoms with E-state index in [9.17, 15) is 9.90 Å². The summed E-state index contributed by atoms with van der Waals surface area (Å²) in [7, 11) is 0. The summed E-state index contributed by atoms with van der Waals surface area (Å²) in [6.45, 7) is 41.4. The summed E-state index contributed by atoms with van der Waals surface area (Å²) in [6, 6.07) is 0. The third-order valence-electron chi connectivity index (χ3n) is 23.7. The Kier molecular flexibility index (Phi) is 13.3. The first-order valence-corrected chi connectivity index (χ1v) is 27.1. The minimum Gasteiger partial charge on any atom is -0.393 e. The van der Waals surface area contributed by atoms with Gasteiger partial charge in [-0.15, -0.1) is 0 Å².